The third-order valence-corrected chi connectivity index (χ3v) is 3.91. The number of pyridine rings is 1. The van der Waals surface area contributed by atoms with Gasteiger partial charge in [0, 0.05) is 11.6 Å². The van der Waals surface area contributed by atoms with E-state index in [9.17, 15) is 9.18 Å². The van der Waals surface area contributed by atoms with E-state index in [2.05, 4.69) is 10.3 Å². The van der Waals surface area contributed by atoms with Crippen molar-refractivity contribution in [1.82, 2.24) is 4.98 Å². The number of imidazole rings is 1. The Bertz CT molecular complexity index is 850. The first-order valence-corrected chi connectivity index (χ1v) is 7.31. The van der Waals surface area contributed by atoms with E-state index < -0.39 is 0 Å². The lowest BCUT2D eigenvalue weighted by Crippen LogP contribution is -2.27. The second kappa shape index (κ2) is 4.94. The van der Waals surface area contributed by atoms with Crippen LogP contribution in [0.5, 0.6) is 0 Å². The number of anilines is 1. The van der Waals surface area contributed by atoms with Gasteiger partial charge >= 0.3 is 0 Å². The number of carbonyl (C=O) groups is 1. The zero-order valence-electron chi connectivity index (χ0n) is 11.8. The second-order valence-electron chi connectivity index (χ2n) is 5.57. The fourth-order valence-electron chi connectivity index (χ4n) is 2.56. The maximum atomic E-state index is 13.1. The SMILES string of the molecule is O=C(Nc1c(-c2ccc(F)cc2)[nH]c2cccc[n+]12)C1CC1. The minimum Gasteiger partial charge on any atom is -0.267 e. The monoisotopic (exact) mass is 296 g/mol. The van der Waals surface area contributed by atoms with Gasteiger partial charge in [0.25, 0.3) is 11.7 Å². The molecule has 2 aromatic heterocycles. The van der Waals surface area contributed by atoms with E-state index in [0.29, 0.717) is 5.82 Å². The summed E-state index contributed by atoms with van der Waals surface area (Å²) in [5.41, 5.74) is 2.48. The smallest absolute Gasteiger partial charge is 0.267 e. The molecule has 1 aliphatic carbocycles. The highest BCUT2D eigenvalue weighted by molar-refractivity contribution is 5.95. The van der Waals surface area contributed by atoms with Crippen molar-refractivity contribution < 1.29 is 13.6 Å². The molecular formula is C17H15FN3O+. The largest absolute Gasteiger partial charge is 0.283 e. The van der Waals surface area contributed by atoms with Gasteiger partial charge in [-0.05, 0) is 43.2 Å². The van der Waals surface area contributed by atoms with Gasteiger partial charge in [-0.15, -0.1) is 0 Å². The van der Waals surface area contributed by atoms with Gasteiger partial charge in [-0.25, -0.2) is 14.1 Å². The van der Waals surface area contributed by atoms with Crippen LogP contribution in [0.15, 0.2) is 48.7 Å². The van der Waals surface area contributed by atoms with E-state index in [0.717, 1.165) is 29.7 Å². The Morgan fingerprint density at radius 2 is 1.95 bits per heavy atom. The molecule has 2 N–H and O–H groups in total. The minimum absolute atomic E-state index is 0.0422. The summed E-state index contributed by atoms with van der Waals surface area (Å²) in [7, 11) is 0. The van der Waals surface area contributed by atoms with Crippen LogP contribution in [0.25, 0.3) is 16.9 Å². The zero-order chi connectivity index (χ0) is 15.1. The topological polar surface area (TPSA) is 49.0 Å². The molecule has 4 nitrogen and oxygen atoms in total. The highest BCUT2D eigenvalue weighted by atomic mass is 19.1. The molecule has 0 bridgehead atoms. The predicted octanol–water partition coefficient (Wildman–Crippen LogP) is 2.91. The summed E-state index contributed by atoms with van der Waals surface area (Å²) < 4.78 is 15.0. The molecule has 0 aliphatic heterocycles. The van der Waals surface area contributed by atoms with E-state index in [1.165, 1.54) is 12.1 Å². The molecule has 0 radical (unpaired) electrons. The van der Waals surface area contributed by atoms with E-state index >= 15 is 0 Å². The van der Waals surface area contributed by atoms with Crippen molar-refractivity contribution in [3.63, 3.8) is 0 Å². The molecule has 2 heterocycles. The van der Waals surface area contributed by atoms with Gasteiger partial charge in [0.15, 0.2) is 5.69 Å². The minimum atomic E-state index is -0.281. The zero-order valence-corrected chi connectivity index (χ0v) is 11.8. The summed E-state index contributed by atoms with van der Waals surface area (Å²) in [6.45, 7) is 0. The van der Waals surface area contributed by atoms with Crippen LogP contribution in [0, 0.1) is 11.7 Å². The molecule has 0 saturated heterocycles. The van der Waals surface area contributed by atoms with Crippen LogP contribution in [-0.4, -0.2) is 10.9 Å². The highest BCUT2D eigenvalue weighted by Gasteiger charge is 2.34. The van der Waals surface area contributed by atoms with Crippen molar-refractivity contribution in [2.45, 2.75) is 12.8 Å². The van der Waals surface area contributed by atoms with Gasteiger partial charge in [-0.1, -0.05) is 6.07 Å². The Balaban J connectivity index is 1.84. The number of nitrogens with zero attached hydrogens (tertiary/aromatic N) is 1. The molecule has 1 amide bonds. The molecule has 0 atom stereocenters. The van der Waals surface area contributed by atoms with Gasteiger partial charge in [-0.2, -0.15) is 0 Å². The Morgan fingerprint density at radius 3 is 2.68 bits per heavy atom. The van der Waals surface area contributed by atoms with Crippen LogP contribution in [0.2, 0.25) is 0 Å². The Morgan fingerprint density at radius 1 is 1.18 bits per heavy atom. The second-order valence-corrected chi connectivity index (χ2v) is 5.57. The van der Waals surface area contributed by atoms with Crippen molar-refractivity contribution in [3.05, 3.63) is 54.5 Å². The molecule has 110 valence electrons. The molecule has 22 heavy (non-hydrogen) atoms. The summed E-state index contributed by atoms with van der Waals surface area (Å²) in [5, 5.41) is 3.01. The van der Waals surface area contributed by atoms with Gasteiger partial charge < -0.3 is 0 Å². The fraction of sp³-hybridized carbons (Fsp3) is 0.176. The third-order valence-electron chi connectivity index (χ3n) is 3.91. The van der Waals surface area contributed by atoms with Gasteiger partial charge in [-0.3, -0.25) is 9.78 Å². The summed E-state index contributed by atoms with van der Waals surface area (Å²) in [6.07, 6.45) is 3.79. The summed E-state index contributed by atoms with van der Waals surface area (Å²) >= 11 is 0. The Labute approximate surface area is 126 Å². The average Bonchev–Trinajstić information content (AvgIpc) is 3.32. The molecule has 0 unspecified atom stereocenters. The number of aromatic amines is 1. The first-order valence-electron chi connectivity index (χ1n) is 7.31. The number of amides is 1. The number of fused-ring (bicyclic) bond motifs is 1. The number of halogens is 1. The number of rotatable bonds is 3. The molecule has 5 heteroatoms. The average molecular weight is 296 g/mol. The van der Waals surface area contributed by atoms with Crippen molar-refractivity contribution in [2.24, 2.45) is 5.92 Å². The number of hydrogen-bond donors (Lipinski definition) is 2. The number of benzene rings is 1. The summed E-state index contributed by atoms with van der Waals surface area (Å²) in [5.74, 6) is 0.575. The normalized spacial score (nSPS) is 14.2. The van der Waals surface area contributed by atoms with Crippen LogP contribution in [0.1, 0.15) is 12.8 Å². The van der Waals surface area contributed by atoms with Gasteiger partial charge in [0.05, 0.1) is 12.1 Å². The standard InChI is InChI=1S/C17H14FN3O/c18-13-8-6-11(7-9-13)15-16(20-17(22)12-4-5-12)21-10-2-1-3-14(21)19-15/h1-3,6-10,12H,4-5H2,(H,20,22)/p+1. The quantitative estimate of drug-likeness (QED) is 0.717. The molecular weight excluding hydrogens is 281 g/mol. The van der Waals surface area contributed by atoms with E-state index in [4.69, 9.17) is 0 Å². The molecule has 1 saturated carbocycles. The van der Waals surface area contributed by atoms with Gasteiger partial charge in [0.1, 0.15) is 5.82 Å². The van der Waals surface area contributed by atoms with E-state index in [-0.39, 0.29) is 17.6 Å². The first-order chi connectivity index (χ1) is 10.7. The van der Waals surface area contributed by atoms with Crippen LogP contribution in [0.3, 0.4) is 0 Å². The number of hydrogen-bond acceptors (Lipinski definition) is 1. The fourth-order valence-corrected chi connectivity index (χ4v) is 2.56. The summed E-state index contributed by atoms with van der Waals surface area (Å²) in [4.78, 5) is 15.4. The third kappa shape index (κ3) is 2.24. The van der Waals surface area contributed by atoms with Crippen LogP contribution >= 0.6 is 0 Å². The summed E-state index contributed by atoms with van der Waals surface area (Å²) in [6, 6.07) is 12.0. The highest BCUT2D eigenvalue weighted by Crippen LogP contribution is 2.31. The van der Waals surface area contributed by atoms with Crippen LogP contribution in [-0.2, 0) is 4.79 Å². The van der Waals surface area contributed by atoms with Crippen molar-refractivity contribution in [3.8, 4) is 11.3 Å². The molecule has 3 aromatic rings. The predicted molar refractivity (Wildman–Crippen MR) is 80.7 cm³/mol. The van der Waals surface area contributed by atoms with Crippen molar-refractivity contribution >= 4 is 17.4 Å². The Kier molecular flexibility index (Phi) is 2.92. The number of aromatic nitrogens is 2. The lowest BCUT2D eigenvalue weighted by Gasteiger charge is -2.01. The maximum absolute atomic E-state index is 13.1. The van der Waals surface area contributed by atoms with Crippen LogP contribution < -0.4 is 9.72 Å². The van der Waals surface area contributed by atoms with Crippen LogP contribution in [0.4, 0.5) is 10.2 Å². The molecule has 1 aromatic carbocycles. The Hall–Kier alpha value is -2.69. The van der Waals surface area contributed by atoms with E-state index in [1.54, 1.807) is 12.1 Å². The lowest BCUT2D eigenvalue weighted by molar-refractivity contribution is -0.493. The number of carbonyl (C=O) groups excluding carboxylic acids is 1. The first kappa shape index (κ1) is 13.0. The van der Waals surface area contributed by atoms with E-state index in [1.807, 2.05) is 28.8 Å². The number of nitrogens with one attached hydrogen (secondary N) is 2. The van der Waals surface area contributed by atoms with Crippen molar-refractivity contribution in [2.75, 3.05) is 5.32 Å². The molecule has 1 fully saturated rings. The van der Waals surface area contributed by atoms with Crippen molar-refractivity contribution in [1.29, 1.82) is 0 Å². The molecule has 0 spiro atoms. The lowest BCUT2D eigenvalue weighted by atomic mass is 10.1. The number of H-pyrrole nitrogens is 1. The molecule has 4 rings (SSSR count). The maximum Gasteiger partial charge on any atom is 0.283 e. The molecule has 1 aliphatic rings. The van der Waals surface area contributed by atoms with Gasteiger partial charge in [0.2, 0.25) is 5.65 Å².